The number of hydrogen-bond donors (Lipinski definition) is 1. The summed E-state index contributed by atoms with van der Waals surface area (Å²) in [5, 5.41) is 3.45. The second-order valence-corrected chi connectivity index (χ2v) is 4.27. The van der Waals surface area contributed by atoms with E-state index in [0.29, 0.717) is 17.3 Å². The smallest absolute Gasteiger partial charge is 0.126 e. The summed E-state index contributed by atoms with van der Waals surface area (Å²) in [5.41, 5.74) is 2.66. The summed E-state index contributed by atoms with van der Waals surface area (Å²) < 4.78 is 13.1. The Labute approximate surface area is 104 Å². The van der Waals surface area contributed by atoms with Gasteiger partial charge in [0.25, 0.3) is 0 Å². The zero-order valence-corrected chi connectivity index (χ0v) is 10.1. The fourth-order valence-electron chi connectivity index (χ4n) is 1.45. The highest BCUT2D eigenvalue weighted by Gasteiger charge is 1.99. The van der Waals surface area contributed by atoms with Crippen LogP contribution in [0.5, 0.6) is 0 Å². The summed E-state index contributed by atoms with van der Waals surface area (Å²) in [6.07, 6.45) is 1.80. The summed E-state index contributed by atoms with van der Waals surface area (Å²) in [7, 11) is 0. The van der Waals surface area contributed by atoms with Gasteiger partial charge >= 0.3 is 0 Å². The van der Waals surface area contributed by atoms with Gasteiger partial charge in [-0.25, -0.2) is 4.39 Å². The van der Waals surface area contributed by atoms with Crippen LogP contribution in [0, 0.1) is 12.7 Å². The third-order valence-electron chi connectivity index (χ3n) is 2.31. The van der Waals surface area contributed by atoms with Crippen LogP contribution in [0.4, 0.5) is 10.1 Å². The van der Waals surface area contributed by atoms with E-state index in [2.05, 4.69) is 10.3 Å². The Morgan fingerprint density at radius 2 is 2.12 bits per heavy atom. The normalized spacial score (nSPS) is 10.3. The number of nitrogens with zero attached hydrogens (tertiary/aromatic N) is 1. The second-order valence-electron chi connectivity index (χ2n) is 3.84. The first kappa shape index (κ1) is 11.9. The van der Waals surface area contributed by atoms with Crippen LogP contribution in [0.2, 0.25) is 5.02 Å². The highest BCUT2D eigenvalue weighted by molar-refractivity contribution is 6.30. The van der Waals surface area contributed by atoms with Gasteiger partial charge in [-0.2, -0.15) is 0 Å². The molecule has 0 aliphatic heterocycles. The minimum Gasteiger partial charge on any atom is -0.379 e. The number of aromatic nitrogens is 1. The molecule has 1 aromatic carbocycles. The van der Waals surface area contributed by atoms with E-state index in [1.807, 2.05) is 19.1 Å². The average Bonchev–Trinajstić information content (AvgIpc) is 2.27. The molecular formula is C13H12ClFN2. The topological polar surface area (TPSA) is 24.9 Å². The Morgan fingerprint density at radius 1 is 1.29 bits per heavy atom. The number of nitrogens with one attached hydrogen (secondary N) is 1. The minimum absolute atomic E-state index is 0.350. The molecule has 1 N–H and O–H groups in total. The standard InChI is InChI=1S/C13H12ClFN2/c1-9-2-3-12(16-7-9)8-17-13-5-10(14)4-11(15)6-13/h2-7,17H,8H2,1H3. The summed E-state index contributed by atoms with van der Waals surface area (Å²) in [4.78, 5) is 4.25. The molecule has 0 bridgehead atoms. The molecule has 17 heavy (non-hydrogen) atoms. The molecule has 0 fully saturated rings. The Kier molecular flexibility index (Phi) is 3.59. The largest absolute Gasteiger partial charge is 0.379 e. The number of benzene rings is 1. The predicted octanol–water partition coefficient (Wildman–Crippen LogP) is 3.79. The van der Waals surface area contributed by atoms with Crippen molar-refractivity contribution in [3.05, 3.63) is 58.6 Å². The first-order chi connectivity index (χ1) is 8.13. The third kappa shape index (κ3) is 3.43. The van der Waals surface area contributed by atoms with Crippen molar-refractivity contribution in [3.8, 4) is 0 Å². The second kappa shape index (κ2) is 5.15. The van der Waals surface area contributed by atoms with E-state index in [-0.39, 0.29) is 5.82 Å². The van der Waals surface area contributed by atoms with Crippen molar-refractivity contribution in [1.29, 1.82) is 0 Å². The molecule has 88 valence electrons. The van der Waals surface area contributed by atoms with Gasteiger partial charge in [-0.1, -0.05) is 17.7 Å². The number of pyridine rings is 1. The molecule has 0 atom stereocenters. The van der Waals surface area contributed by atoms with Crippen LogP contribution in [0.15, 0.2) is 36.5 Å². The van der Waals surface area contributed by atoms with E-state index in [1.54, 1.807) is 12.3 Å². The van der Waals surface area contributed by atoms with Crippen LogP contribution >= 0.6 is 11.6 Å². The Morgan fingerprint density at radius 3 is 2.76 bits per heavy atom. The molecule has 0 unspecified atom stereocenters. The lowest BCUT2D eigenvalue weighted by Crippen LogP contribution is -2.01. The predicted molar refractivity (Wildman–Crippen MR) is 67.7 cm³/mol. The van der Waals surface area contributed by atoms with E-state index in [4.69, 9.17) is 11.6 Å². The molecule has 2 nitrogen and oxygen atoms in total. The van der Waals surface area contributed by atoms with Gasteiger partial charge in [-0.15, -0.1) is 0 Å². The van der Waals surface area contributed by atoms with E-state index < -0.39 is 0 Å². The fraction of sp³-hybridized carbons (Fsp3) is 0.154. The monoisotopic (exact) mass is 250 g/mol. The number of aryl methyl sites for hydroxylation is 1. The highest BCUT2D eigenvalue weighted by atomic mass is 35.5. The van der Waals surface area contributed by atoms with Crippen molar-refractivity contribution < 1.29 is 4.39 Å². The number of hydrogen-bond acceptors (Lipinski definition) is 2. The third-order valence-corrected chi connectivity index (χ3v) is 2.53. The molecule has 1 aromatic heterocycles. The molecule has 0 amide bonds. The lowest BCUT2D eigenvalue weighted by molar-refractivity contribution is 0.628. The van der Waals surface area contributed by atoms with Crippen LogP contribution in [-0.4, -0.2) is 4.98 Å². The first-order valence-corrected chi connectivity index (χ1v) is 5.63. The minimum atomic E-state index is -0.350. The Hall–Kier alpha value is -1.61. The van der Waals surface area contributed by atoms with Gasteiger partial charge in [0.1, 0.15) is 5.82 Å². The molecule has 4 heteroatoms. The number of rotatable bonds is 3. The van der Waals surface area contributed by atoms with Gasteiger partial charge in [-0.05, 0) is 36.8 Å². The van der Waals surface area contributed by atoms with Gasteiger partial charge in [0.15, 0.2) is 0 Å². The molecule has 0 saturated heterocycles. The van der Waals surface area contributed by atoms with E-state index in [0.717, 1.165) is 11.3 Å². The lowest BCUT2D eigenvalue weighted by Gasteiger charge is -2.06. The fourth-order valence-corrected chi connectivity index (χ4v) is 1.67. The Bertz CT molecular complexity index is 491. The molecule has 0 aliphatic rings. The molecule has 2 aromatic rings. The molecule has 2 rings (SSSR count). The average molecular weight is 251 g/mol. The molecule has 0 radical (unpaired) electrons. The maximum atomic E-state index is 13.1. The van der Waals surface area contributed by atoms with Crippen molar-refractivity contribution >= 4 is 17.3 Å². The van der Waals surface area contributed by atoms with Crippen LogP contribution in [0.3, 0.4) is 0 Å². The van der Waals surface area contributed by atoms with Crippen LogP contribution < -0.4 is 5.32 Å². The van der Waals surface area contributed by atoms with Crippen molar-refractivity contribution in [2.45, 2.75) is 13.5 Å². The number of anilines is 1. The quantitative estimate of drug-likeness (QED) is 0.896. The SMILES string of the molecule is Cc1ccc(CNc2cc(F)cc(Cl)c2)nc1. The Balaban J connectivity index is 2.04. The zero-order valence-electron chi connectivity index (χ0n) is 9.37. The highest BCUT2D eigenvalue weighted by Crippen LogP contribution is 2.18. The van der Waals surface area contributed by atoms with Crippen molar-refractivity contribution in [2.75, 3.05) is 5.32 Å². The molecule has 0 spiro atoms. The number of halogens is 2. The van der Waals surface area contributed by atoms with Gasteiger partial charge in [0, 0.05) is 16.9 Å². The van der Waals surface area contributed by atoms with Crippen LogP contribution in [0.25, 0.3) is 0 Å². The van der Waals surface area contributed by atoms with Crippen molar-refractivity contribution in [3.63, 3.8) is 0 Å². The molecular weight excluding hydrogens is 239 g/mol. The zero-order chi connectivity index (χ0) is 12.3. The van der Waals surface area contributed by atoms with Crippen LogP contribution in [-0.2, 0) is 6.54 Å². The van der Waals surface area contributed by atoms with Crippen LogP contribution in [0.1, 0.15) is 11.3 Å². The van der Waals surface area contributed by atoms with Crippen molar-refractivity contribution in [2.24, 2.45) is 0 Å². The lowest BCUT2D eigenvalue weighted by atomic mass is 10.2. The maximum absolute atomic E-state index is 13.1. The molecule has 0 aliphatic carbocycles. The van der Waals surface area contributed by atoms with E-state index in [1.165, 1.54) is 12.1 Å². The van der Waals surface area contributed by atoms with E-state index in [9.17, 15) is 4.39 Å². The maximum Gasteiger partial charge on any atom is 0.126 e. The van der Waals surface area contributed by atoms with Crippen molar-refractivity contribution in [1.82, 2.24) is 4.98 Å². The first-order valence-electron chi connectivity index (χ1n) is 5.25. The van der Waals surface area contributed by atoms with Gasteiger partial charge in [0.2, 0.25) is 0 Å². The van der Waals surface area contributed by atoms with Gasteiger partial charge in [0.05, 0.1) is 12.2 Å². The summed E-state index contributed by atoms with van der Waals surface area (Å²) in [6, 6.07) is 8.28. The van der Waals surface area contributed by atoms with E-state index >= 15 is 0 Å². The van der Waals surface area contributed by atoms with Gasteiger partial charge < -0.3 is 5.32 Å². The summed E-state index contributed by atoms with van der Waals surface area (Å²) >= 11 is 5.76. The van der Waals surface area contributed by atoms with Gasteiger partial charge in [-0.3, -0.25) is 4.98 Å². The summed E-state index contributed by atoms with van der Waals surface area (Å²) in [5.74, 6) is -0.350. The summed E-state index contributed by atoms with van der Waals surface area (Å²) in [6.45, 7) is 2.52. The molecule has 0 saturated carbocycles. The molecule has 1 heterocycles.